The van der Waals surface area contributed by atoms with Crippen molar-refractivity contribution in [2.24, 2.45) is 0 Å². The molecule has 1 N–H and O–H groups in total. The standard InChI is InChI=1S/C20H15Br2FN2O3/c21-15-9-14(11-24-17-5-3-16(23)4-6-17)20(19(22)10-15)28-12-13-1-7-18(8-2-13)25(26)27/h1-10,24H,11-12H2. The van der Waals surface area contributed by atoms with Crippen LogP contribution in [0.5, 0.6) is 5.75 Å². The van der Waals surface area contributed by atoms with E-state index in [9.17, 15) is 14.5 Å². The zero-order valence-corrected chi connectivity index (χ0v) is 17.7. The Labute approximate surface area is 177 Å². The van der Waals surface area contributed by atoms with Crippen molar-refractivity contribution >= 4 is 43.2 Å². The van der Waals surface area contributed by atoms with Gasteiger partial charge in [0.05, 0.1) is 9.40 Å². The Kier molecular flexibility index (Phi) is 6.64. The van der Waals surface area contributed by atoms with Gasteiger partial charge in [-0.05, 0) is 70.0 Å². The number of benzene rings is 3. The summed E-state index contributed by atoms with van der Waals surface area (Å²) in [5.74, 6) is 0.374. The third kappa shape index (κ3) is 5.30. The predicted molar refractivity (Wildman–Crippen MR) is 113 cm³/mol. The van der Waals surface area contributed by atoms with Crippen LogP contribution in [-0.2, 0) is 13.2 Å². The Morgan fingerprint density at radius 1 is 1.04 bits per heavy atom. The van der Waals surface area contributed by atoms with E-state index in [1.165, 1.54) is 24.3 Å². The molecule has 0 aliphatic carbocycles. The van der Waals surface area contributed by atoms with E-state index in [4.69, 9.17) is 4.74 Å². The summed E-state index contributed by atoms with van der Waals surface area (Å²) in [4.78, 5) is 10.3. The topological polar surface area (TPSA) is 64.4 Å². The van der Waals surface area contributed by atoms with Gasteiger partial charge < -0.3 is 10.1 Å². The minimum Gasteiger partial charge on any atom is -0.487 e. The van der Waals surface area contributed by atoms with Gasteiger partial charge in [0.15, 0.2) is 0 Å². The van der Waals surface area contributed by atoms with E-state index < -0.39 is 4.92 Å². The molecule has 0 atom stereocenters. The summed E-state index contributed by atoms with van der Waals surface area (Å²) in [5.41, 5.74) is 2.54. The van der Waals surface area contributed by atoms with Crippen LogP contribution in [-0.4, -0.2) is 4.92 Å². The minimum atomic E-state index is -0.435. The summed E-state index contributed by atoms with van der Waals surface area (Å²) in [6.45, 7) is 0.737. The van der Waals surface area contributed by atoms with E-state index >= 15 is 0 Å². The number of nitro benzene ring substituents is 1. The van der Waals surface area contributed by atoms with Crippen LogP contribution in [0, 0.1) is 15.9 Å². The highest BCUT2D eigenvalue weighted by molar-refractivity contribution is 9.11. The number of hydrogen-bond donors (Lipinski definition) is 1. The molecule has 3 aromatic rings. The molecule has 3 rings (SSSR count). The normalized spacial score (nSPS) is 10.5. The maximum atomic E-state index is 13.1. The highest BCUT2D eigenvalue weighted by atomic mass is 79.9. The molecule has 0 aliphatic heterocycles. The van der Waals surface area contributed by atoms with Crippen molar-refractivity contribution in [1.82, 2.24) is 0 Å². The maximum absolute atomic E-state index is 13.1. The SMILES string of the molecule is O=[N+]([O-])c1ccc(COc2c(Br)cc(Br)cc2CNc2ccc(F)cc2)cc1. The number of anilines is 1. The molecule has 0 heterocycles. The largest absolute Gasteiger partial charge is 0.487 e. The Bertz CT molecular complexity index is 980. The Morgan fingerprint density at radius 3 is 2.36 bits per heavy atom. The van der Waals surface area contributed by atoms with Gasteiger partial charge in [-0.2, -0.15) is 0 Å². The fourth-order valence-electron chi connectivity index (χ4n) is 2.54. The first-order valence-electron chi connectivity index (χ1n) is 8.26. The van der Waals surface area contributed by atoms with Crippen molar-refractivity contribution in [3.63, 3.8) is 0 Å². The fourth-order valence-corrected chi connectivity index (χ4v) is 3.97. The number of nitrogens with zero attached hydrogens (tertiary/aromatic N) is 1. The Balaban J connectivity index is 1.74. The van der Waals surface area contributed by atoms with Crippen LogP contribution in [0.2, 0.25) is 0 Å². The summed E-state index contributed by atoms with van der Waals surface area (Å²) >= 11 is 6.99. The van der Waals surface area contributed by atoms with Crippen LogP contribution in [0.3, 0.4) is 0 Å². The van der Waals surface area contributed by atoms with Gasteiger partial charge in [-0.1, -0.05) is 15.9 Å². The van der Waals surface area contributed by atoms with Crippen LogP contribution >= 0.6 is 31.9 Å². The highest BCUT2D eigenvalue weighted by Crippen LogP contribution is 2.34. The average molecular weight is 510 g/mol. The van der Waals surface area contributed by atoms with E-state index in [1.54, 1.807) is 24.3 Å². The first-order chi connectivity index (χ1) is 13.4. The zero-order chi connectivity index (χ0) is 20.1. The molecule has 0 fully saturated rings. The molecule has 0 bridgehead atoms. The minimum absolute atomic E-state index is 0.0396. The van der Waals surface area contributed by atoms with Crippen LogP contribution in [0.4, 0.5) is 15.8 Å². The molecule has 0 aromatic heterocycles. The van der Waals surface area contributed by atoms with Crippen molar-refractivity contribution < 1.29 is 14.1 Å². The van der Waals surface area contributed by atoms with Gasteiger partial charge >= 0.3 is 0 Å². The summed E-state index contributed by atoms with van der Waals surface area (Å²) in [7, 11) is 0. The van der Waals surface area contributed by atoms with Crippen molar-refractivity contribution in [2.75, 3.05) is 5.32 Å². The third-order valence-corrected chi connectivity index (χ3v) is 4.99. The Morgan fingerprint density at radius 2 is 1.71 bits per heavy atom. The molecule has 0 saturated heterocycles. The summed E-state index contributed by atoms with van der Waals surface area (Å²) in [5, 5.41) is 14.0. The second-order valence-corrected chi connectivity index (χ2v) is 7.72. The van der Waals surface area contributed by atoms with E-state index in [2.05, 4.69) is 37.2 Å². The van der Waals surface area contributed by atoms with Gasteiger partial charge in [0.25, 0.3) is 5.69 Å². The zero-order valence-electron chi connectivity index (χ0n) is 14.5. The van der Waals surface area contributed by atoms with E-state index in [0.29, 0.717) is 12.3 Å². The van der Waals surface area contributed by atoms with Crippen molar-refractivity contribution in [3.05, 3.63) is 96.7 Å². The summed E-state index contributed by atoms with van der Waals surface area (Å²) < 4.78 is 20.7. The van der Waals surface area contributed by atoms with E-state index in [1.807, 2.05) is 12.1 Å². The molecule has 0 radical (unpaired) electrons. The van der Waals surface area contributed by atoms with Gasteiger partial charge in [-0.15, -0.1) is 0 Å². The summed E-state index contributed by atoms with van der Waals surface area (Å²) in [6, 6.07) is 16.2. The number of hydrogen-bond acceptors (Lipinski definition) is 4. The second kappa shape index (κ2) is 9.16. The quantitative estimate of drug-likeness (QED) is 0.293. The van der Waals surface area contributed by atoms with Gasteiger partial charge in [0.1, 0.15) is 18.2 Å². The van der Waals surface area contributed by atoms with Gasteiger partial charge in [-0.3, -0.25) is 10.1 Å². The van der Waals surface area contributed by atoms with Crippen LogP contribution in [0.25, 0.3) is 0 Å². The molecule has 3 aromatic carbocycles. The molecule has 8 heteroatoms. The lowest BCUT2D eigenvalue weighted by Gasteiger charge is -2.15. The molecule has 5 nitrogen and oxygen atoms in total. The van der Waals surface area contributed by atoms with Crippen LogP contribution in [0.1, 0.15) is 11.1 Å². The molecular formula is C20H15Br2FN2O3. The molecule has 0 saturated carbocycles. The first-order valence-corrected chi connectivity index (χ1v) is 9.84. The number of non-ortho nitro benzene ring substituents is 1. The number of nitro groups is 1. The number of halogens is 3. The van der Waals surface area contributed by atoms with Gasteiger partial charge in [0, 0.05) is 34.4 Å². The molecule has 0 spiro atoms. The molecule has 0 unspecified atom stereocenters. The Hall–Kier alpha value is -2.45. The molecular weight excluding hydrogens is 495 g/mol. The average Bonchev–Trinajstić information content (AvgIpc) is 2.67. The predicted octanol–water partition coefficient (Wildman–Crippen LogP) is 6.45. The lowest BCUT2D eigenvalue weighted by atomic mass is 10.2. The lowest BCUT2D eigenvalue weighted by molar-refractivity contribution is -0.384. The van der Waals surface area contributed by atoms with Crippen molar-refractivity contribution in [3.8, 4) is 5.75 Å². The van der Waals surface area contributed by atoms with Gasteiger partial charge in [0.2, 0.25) is 0 Å². The van der Waals surface area contributed by atoms with E-state index in [0.717, 1.165) is 25.8 Å². The second-order valence-electron chi connectivity index (χ2n) is 5.95. The molecule has 0 aliphatic rings. The lowest BCUT2D eigenvalue weighted by Crippen LogP contribution is -2.05. The van der Waals surface area contributed by atoms with Crippen molar-refractivity contribution in [1.29, 1.82) is 0 Å². The monoisotopic (exact) mass is 508 g/mol. The van der Waals surface area contributed by atoms with Crippen LogP contribution in [0.15, 0.2) is 69.6 Å². The van der Waals surface area contributed by atoms with Gasteiger partial charge in [-0.25, -0.2) is 4.39 Å². The fraction of sp³-hybridized carbons (Fsp3) is 0.100. The molecule has 144 valence electrons. The highest BCUT2D eigenvalue weighted by Gasteiger charge is 2.12. The number of rotatable bonds is 7. The van der Waals surface area contributed by atoms with E-state index in [-0.39, 0.29) is 18.1 Å². The third-order valence-electron chi connectivity index (χ3n) is 3.94. The smallest absolute Gasteiger partial charge is 0.269 e. The maximum Gasteiger partial charge on any atom is 0.269 e. The first kappa shape index (κ1) is 20.3. The molecule has 28 heavy (non-hydrogen) atoms. The summed E-state index contributed by atoms with van der Waals surface area (Å²) in [6.07, 6.45) is 0. The number of ether oxygens (including phenoxy) is 1. The van der Waals surface area contributed by atoms with Crippen LogP contribution < -0.4 is 10.1 Å². The van der Waals surface area contributed by atoms with Crippen molar-refractivity contribution in [2.45, 2.75) is 13.2 Å². The molecule has 0 amide bonds. The number of nitrogens with one attached hydrogen (secondary N) is 1.